The number of benzene rings is 1. The smallest absolute Gasteiger partial charge is 0.257 e. The van der Waals surface area contributed by atoms with Crippen LogP contribution in [0.25, 0.3) is 5.78 Å². The number of hydrogen-bond donors (Lipinski definition) is 1. The first kappa shape index (κ1) is 15.9. The summed E-state index contributed by atoms with van der Waals surface area (Å²) in [5, 5.41) is 4.22. The van der Waals surface area contributed by atoms with Crippen molar-refractivity contribution in [3.63, 3.8) is 0 Å². The van der Waals surface area contributed by atoms with Gasteiger partial charge >= 0.3 is 0 Å². The molecule has 0 saturated heterocycles. The van der Waals surface area contributed by atoms with Gasteiger partial charge < -0.3 is 20.1 Å². The fraction of sp³-hybridized carbons (Fsp3) is 0.333. The molecule has 0 aliphatic carbocycles. The second-order valence-corrected chi connectivity index (χ2v) is 6.67. The van der Waals surface area contributed by atoms with Crippen LogP contribution in [0.1, 0.15) is 33.2 Å². The summed E-state index contributed by atoms with van der Waals surface area (Å²) in [5.41, 5.74) is 9.28. The van der Waals surface area contributed by atoms with Crippen LogP contribution in [0.15, 0.2) is 18.3 Å². The van der Waals surface area contributed by atoms with Crippen molar-refractivity contribution in [1.29, 1.82) is 0 Å². The van der Waals surface area contributed by atoms with E-state index in [1.165, 1.54) is 0 Å². The first-order valence-corrected chi connectivity index (χ1v) is 8.66. The molecule has 4 heterocycles. The van der Waals surface area contributed by atoms with Crippen LogP contribution < -0.4 is 15.2 Å². The Kier molecular flexibility index (Phi) is 3.27. The number of aromatic nitrogens is 4. The summed E-state index contributed by atoms with van der Waals surface area (Å²) < 4.78 is 12.5. The lowest BCUT2D eigenvalue weighted by molar-refractivity contribution is 0.0626. The predicted molar refractivity (Wildman–Crippen MR) is 95.9 cm³/mol. The average molecular weight is 366 g/mol. The molecule has 3 aromatic rings. The Bertz CT molecular complexity index is 1090. The van der Waals surface area contributed by atoms with Crippen LogP contribution in [0.3, 0.4) is 0 Å². The number of rotatable bonds is 2. The molecule has 2 N–H and O–H groups in total. The molecule has 1 atom stereocenters. The molecule has 2 aliphatic rings. The number of carbonyl (C=O) groups is 1. The minimum absolute atomic E-state index is 0.0508. The molecule has 27 heavy (non-hydrogen) atoms. The van der Waals surface area contributed by atoms with E-state index in [-0.39, 0.29) is 17.9 Å². The van der Waals surface area contributed by atoms with Crippen LogP contribution in [0.4, 0.5) is 5.95 Å². The predicted octanol–water partition coefficient (Wildman–Crippen LogP) is 1.02. The average Bonchev–Trinajstić information content (AvgIpc) is 3.07. The Balaban J connectivity index is 1.68. The number of hydrogen-bond acceptors (Lipinski definition) is 7. The highest BCUT2D eigenvalue weighted by Gasteiger charge is 2.39. The van der Waals surface area contributed by atoms with Crippen molar-refractivity contribution in [1.82, 2.24) is 24.5 Å². The largest absolute Gasteiger partial charge is 0.493 e. The molecule has 9 heteroatoms. The van der Waals surface area contributed by atoms with Gasteiger partial charge in [0.1, 0.15) is 0 Å². The zero-order valence-electron chi connectivity index (χ0n) is 15.0. The van der Waals surface area contributed by atoms with Gasteiger partial charge in [0.2, 0.25) is 5.95 Å². The van der Waals surface area contributed by atoms with Crippen molar-refractivity contribution >= 4 is 17.6 Å². The summed E-state index contributed by atoms with van der Waals surface area (Å²) >= 11 is 0. The van der Waals surface area contributed by atoms with Crippen molar-refractivity contribution in [2.75, 3.05) is 26.5 Å². The fourth-order valence-electron chi connectivity index (χ4n) is 4.10. The van der Waals surface area contributed by atoms with E-state index in [9.17, 15) is 4.79 Å². The van der Waals surface area contributed by atoms with Crippen molar-refractivity contribution in [3.05, 3.63) is 40.7 Å². The van der Waals surface area contributed by atoms with Gasteiger partial charge in [-0.3, -0.25) is 4.79 Å². The van der Waals surface area contributed by atoms with Gasteiger partial charge in [-0.2, -0.15) is 9.50 Å². The molecule has 0 fully saturated rings. The van der Waals surface area contributed by atoms with Gasteiger partial charge in [-0.05, 0) is 29.7 Å². The van der Waals surface area contributed by atoms with Gasteiger partial charge in [0.25, 0.3) is 11.7 Å². The van der Waals surface area contributed by atoms with Crippen LogP contribution in [-0.4, -0.2) is 51.2 Å². The second kappa shape index (κ2) is 5.57. The Labute approximate surface area is 154 Å². The summed E-state index contributed by atoms with van der Waals surface area (Å²) in [6.07, 6.45) is 2.94. The van der Waals surface area contributed by atoms with Crippen LogP contribution in [-0.2, 0) is 12.8 Å². The van der Waals surface area contributed by atoms with Gasteiger partial charge in [-0.1, -0.05) is 0 Å². The zero-order valence-corrected chi connectivity index (χ0v) is 15.0. The van der Waals surface area contributed by atoms with E-state index >= 15 is 0 Å². The summed E-state index contributed by atoms with van der Waals surface area (Å²) in [6, 6.07) is 3.86. The standard InChI is InChI=1S/C18H18N6O3/c1-26-14-5-9-3-4-23-12(10(9)6-15(14)27-2)7-13-11(16(23)25)8-20-18-21-17(19)22-24(13)18/h5-6,8,12H,3-4,7H2,1-2H3,(H2,19,22). The summed E-state index contributed by atoms with van der Waals surface area (Å²) in [6.45, 7) is 0.642. The molecule has 2 aliphatic heterocycles. The van der Waals surface area contributed by atoms with Crippen molar-refractivity contribution < 1.29 is 14.3 Å². The normalized spacial score (nSPS) is 18.1. The van der Waals surface area contributed by atoms with Crippen molar-refractivity contribution in [2.45, 2.75) is 18.9 Å². The monoisotopic (exact) mass is 366 g/mol. The summed E-state index contributed by atoms with van der Waals surface area (Å²) in [5.74, 6) is 1.84. The lowest BCUT2D eigenvalue weighted by Gasteiger charge is -2.41. The third-order valence-electron chi connectivity index (χ3n) is 5.36. The topological polar surface area (TPSA) is 108 Å². The quantitative estimate of drug-likeness (QED) is 0.721. The number of nitrogens with zero attached hydrogens (tertiary/aromatic N) is 5. The van der Waals surface area contributed by atoms with E-state index in [4.69, 9.17) is 15.2 Å². The third kappa shape index (κ3) is 2.17. The summed E-state index contributed by atoms with van der Waals surface area (Å²) in [4.78, 5) is 23.3. The number of anilines is 1. The molecule has 9 nitrogen and oxygen atoms in total. The minimum atomic E-state index is -0.107. The molecule has 2 aromatic heterocycles. The van der Waals surface area contributed by atoms with Gasteiger partial charge in [-0.25, -0.2) is 4.98 Å². The minimum Gasteiger partial charge on any atom is -0.493 e. The fourth-order valence-corrected chi connectivity index (χ4v) is 4.10. The van der Waals surface area contributed by atoms with Crippen LogP contribution in [0.2, 0.25) is 0 Å². The van der Waals surface area contributed by atoms with Crippen LogP contribution >= 0.6 is 0 Å². The van der Waals surface area contributed by atoms with E-state index in [0.29, 0.717) is 35.8 Å². The number of nitrogen functional groups attached to an aromatic ring is 1. The molecule has 0 saturated carbocycles. The van der Waals surface area contributed by atoms with Crippen LogP contribution in [0, 0.1) is 0 Å². The Hall–Kier alpha value is -3.36. The maximum absolute atomic E-state index is 13.1. The van der Waals surface area contributed by atoms with E-state index in [1.807, 2.05) is 17.0 Å². The number of fused-ring (bicyclic) bond motifs is 6. The molecular formula is C18H18N6O3. The van der Waals surface area contributed by atoms with Gasteiger partial charge in [0.05, 0.1) is 31.5 Å². The number of carbonyl (C=O) groups excluding carboxylic acids is 1. The molecular weight excluding hydrogens is 348 g/mol. The molecule has 0 spiro atoms. The summed E-state index contributed by atoms with van der Waals surface area (Å²) in [7, 11) is 3.23. The lowest BCUT2D eigenvalue weighted by Crippen LogP contribution is -2.45. The SMILES string of the molecule is COc1cc2c(cc1OC)C1Cc3c(cnc4nc(N)nn34)C(=O)N1CC2. The highest BCUT2D eigenvalue weighted by Crippen LogP contribution is 2.42. The number of nitrogens with two attached hydrogens (primary N) is 1. The van der Waals surface area contributed by atoms with Crippen molar-refractivity contribution in [3.8, 4) is 11.5 Å². The second-order valence-electron chi connectivity index (χ2n) is 6.67. The van der Waals surface area contributed by atoms with Gasteiger partial charge in [0.15, 0.2) is 11.5 Å². The first-order valence-electron chi connectivity index (χ1n) is 8.66. The lowest BCUT2D eigenvalue weighted by atomic mass is 9.85. The molecule has 1 aromatic carbocycles. The Morgan fingerprint density at radius 1 is 1.22 bits per heavy atom. The van der Waals surface area contributed by atoms with E-state index in [1.54, 1.807) is 24.9 Å². The molecule has 1 unspecified atom stereocenters. The highest BCUT2D eigenvalue weighted by atomic mass is 16.5. The molecule has 5 rings (SSSR count). The number of ether oxygens (including phenoxy) is 2. The van der Waals surface area contributed by atoms with Crippen molar-refractivity contribution in [2.24, 2.45) is 0 Å². The third-order valence-corrected chi connectivity index (χ3v) is 5.36. The molecule has 0 bridgehead atoms. The maximum atomic E-state index is 13.1. The van der Waals surface area contributed by atoms with Crippen LogP contribution in [0.5, 0.6) is 11.5 Å². The molecule has 1 amide bonds. The van der Waals surface area contributed by atoms with E-state index in [0.717, 1.165) is 23.2 Å². The Morgan fingerprint density at radius 2 is 2.00 bits per heavy atom. The maximum Gasteiger partial charge on any atom is 0.257 e. The zero-order chi connectivity index (χ0) is 18.7. The number of methoxy groups -OCH3 is 2. The first-order chi connectivity index (χ1) is 13.1. The van der Waals surface area contributed by atoms with Gasteiger partial charge in [0, 0.05) is 19.2 Å². The van der Waals surface area contributed by atoms with E-state index in [2.05, 4.69) is 15.1 Å². The molecule has 138 valence electrons. The number of amides is 1. The van der Waals surface area contributed by atoms with Gasteiger partial charge in [-0.15, -0.1) is 5.10 Å². The van der Waals surface area contributed by atoms with E-state index < -0.39 is 0 Å². The Morgan fingerprint density at radius 3 is 2.78 bits per heavy atom. The highest BCUT2D eigenvalue weighted by molar-refractivity contribution is 5.97. The molecule has 0 radical (unpaired) electrons.